The van der Waals surface area contributed by atoms with Crippen LogP contribution in [0.2, 0.25) is 0 Å². The summed E-state index contributed by atoms with van der Waals surface area (Å²) in [6.07, 6.45) is 5.82. The third-order valence-electron chi connectivity index (χ3n) is 3.75. The molecule has 88 valence electrons. The van der Waals surface area contributed by atoms with E-state index in [0.717, 1.165) is 12.2 Å². The van der Waals surface area contributed by atoms with Crippen molar-refractivity contribution in [3.05, 3.63) is 24.0 Å². The number of aromatic nitrogens is 1. The van der Waals surface area contributed by atoms with Crippen LogP contribution in [0, 0.1) is 6.92 Å². The van der Waals surface area contributed by atoms with Gasteiger partial charge in [0.15, 0.2) is 0 Å². The molecule has 1 aromatic rings. The lowest BCUT2D eigenvalue weighted by atomic mass is 9.75. The molecular formula is C13H21N3. The Morgan fingerprint density at radius 2 is 2.19 bits per heavy atom. The summed E-state index contributed by atoms with van der Waals surface area (Å²) >= 11 is 0. The summed E-state index contributed by atoms with van der Waals surface area (Å²) in [6, 6.07) is 4.14. The van der Waals surface area contributed by atoms with Gasteiger partial charge in [-0.15, -0.1) is 0 Å². The fraction of sp³-hybridized carbons (Fsp3) is 0.615. The van der Waals surface area contributed by atoms with Crippen LogP contribution in [-0.2, 0) is 0 Å². The summed E-state index contributed by atoms with van der Waals surface area (Å²) in [5.74, 6) is 0. The molecule has 1 N–H and O–H groups in total. The molecule has 0 aromatic carbocycles. The lowest BCUT2D eigenvalue weighted by Gasteiger charge is -2.47. The van der Waals surface area contributed by atoms with E-state index < -0.39 is 0 Å². The third kappa shape index (κ3) is 2.19. The molecule has 1 aromatic heterocycles. The molecule has 1 fully saturated rings. The van der Waals surface area contributed by atoms with E-state index in [0.29, 0.717) is 5.54 Å². The lowest BCUT2D eigenvalue weighted by molar-refractivity contribution is 0.0739. The zero-order chi connectivity index (χ0) is 11.6. The van der Waals surface area contributed by atoms with Crippen LogP contribution in [0.25, 0.3) is 0 Å². The summed E-state index contributed by atoms with van der Waals surface area (Å²) in [6.45, 7) is 3.06. The third-order valence-corrected chi connectivity index (χ3v) is 3.75. The van der Waals surface area contributed by atoms with Gasteiger partial charge in [-0.2, -0.15) is 0 Å². The van der Waals surface area contributed by atoms with Crippen LogP contribution < -0.4 is 5.32 Å². The molecule has 0 amide bonds. The van der Waals surface area contributed by atoms with Crippen molar-refractivity contribution in [1.29, 1.82) is 0 Å². The average Bonchev–Trinajstić information content (AvgIpc) is 2.15. The van der Waals surface area contributed by atoms with Gasteiger partial charge in [-0.25, -0.2) is 0 Å². The van der Waals surface area contributed by atoms with Crippen molar-refractivity contribution < 1.29 is 0 Å². The predicted molar refractivity (Wildman–Crippen MR) is 67.7 cm³/mol. The standard InChI is InChI=1S/C13H21N3/c1-11-9-12(5-8-14-11)15-10-13(16(2)3)6-4-7-13/h5,8-9H,4,6-7,10H2,1-3H3,(H,14,15). The molecule has 1 aliphatic carbocycles. The fourth-order valence-electron chi connectivity index (χ4n) is 2.29. The SMILES string of the molecule is Cc1cc(NCC2(N(C)C)CCC2)ccn1. The Kier molecular flexibility index (Phi) is 3.15. The number of hydrogen-bond acceptors (Lipinski definition) is 3. The molecule has 0 radical (unpaired) electrons. The summed E-state index contributed by atoms with van der Waals surface area (Å²) < 4.78 is 0. The maximum atomic E-state index is 4.20. The van der Waals surface area contributed by atoms with Crippen LogP contribution in [0.3, 0.4) is 0 Å². The maximum absolute atomic E-state index is 4.20. The van der Waals surface area contributed by atoms with Gasteiger partial charge >= 0.3 is 0 Å². The minimum absolute atomic E-state index is 0.372. The predicted octanol–water partition coefficient (Wildman–Crippen LogP) is 2.29. The molecule has 0 bridgehead atoms. The van der Waals surface area contributed by atoms with Gasteiger partial charge in [0, 0.05) is 29.7 Å². The molecule has 3 heteroatoms. The van der Waals surface area contributed by atoms with E-state index in [-0.39, 0.29) is 0 Å². The van der Waals surface area contributed by atoms with Gasteiger partial charge in [0.25, 0.3) is 0 Å². The van der Waals surface area contributed by atoms with Crippen molar-refractivity contribution in [1.82, 2.24) is 9.88 Å². The van der Waals surface area contributed by atoms with Crippen LogP contribution in [0.5, 0.6) is 0 Å². The molecule has 2 rings (SSSR count). The first-order valence-corrected chi connectivity index (χ1v) is 5.96. The van der Waals surface area contributed by atoms with Crippen LogP contribution in [0.4, 0.5) is 5.69 Å². The Morgan fingerprint density at radius 1 is 1.44 bits per heavy atom. The zero-order valence-corrected chi connectivity index (χ0v) is 10.5. The highest BCUT2D eigenvalue weighted by Gasteiger charge is 2.38. The molecule has 0 aliphatic heterocycles. The van der Waals surface area contributed by atoms with Gasteiger partial charge in [0.1, 0.15) is 0 Å². The van der Waals surface area contributed by atoms with E-state index in [9.17, 15) is 0 Å². The van der Waals surface area contributed by atoms with Gasteiger partial charge in [-0.05, 0) is 52.4 Å². The van der Waals surface area contributed by atoms with Crippen molar-refractivity contribution in [3.63, 3.8) is 0 Å². The number of anilines is 1. The summed E-state index contributed by atoms with van der Waals surface area (Å²) in [5, 5.41) is 3.53. The molecule has 1 saturated carbocycles. The number of hydrogen-bond donors (Lipinski definition) is 1. The van der Waals surface area contributed by atoms with E-state index in [4.69, 9.17) is 0 Å². The van der Waals surface area contributed by atoms with E-state index in [1.165, 1.54) is 24.9 Å². The van der Waals surface area contributed by atoms with Gasteiger partial charge in [0.05, 0.1) is 0 Å². The summed E-state index contributed by atoms with van der Waals surface area (Å²) in [4.78, 5) is 6.56. The molecule has 1 heterocycles. The first-order valence-electron chi connectivity index (χ1n) is 5.96. The van der Waals surface area contributed by atoms with Gasteiger partial charge in [0.2, 0.25) is 0 Å². The lowest BCUT2D eigenvalue weighted by Crippen LogP contribution is -2.54. The second kappa shape index (κ2) is 4.42. The van der Waals surface area contributed by atoms with Gasteiger partial charge < -0.3 is 10.2 Å². The highest BCUT2D eigenvalue weighted by atomic mass is 15.2. The van der Waals surface area contributed by atoms with Crippen LogP contribution in [-0.4, -0.2) is 36.1 Å². The number of rotatable bonds is 4. The maximum Gasteiger partial charge on any atom is 0.0393 e. The summed E-state index contributed by atoms with van der Waals surface area (Å²) in [7, 11) is 4.36. The molecule has 3 nitrogen and oxygen atoms in total. The number of nitrogens with one attached hydrogen (secondary N) is 1. The molecule has 0 saturated heterocycles. The Morgan fingerprint density at radius 3 is 2.69 bits per heavy atom. The summed E-state index contributed by atoms with van der Waals surface area (Å²) in [5.41, 5.74) is 2.62. The molecule has 0 atom stereocenters. The highest BCUT2D eigenvalue weighted by molar-refractivity contribution is 5.43. The Balaban J connectivity index is 1.96. The fourth-order valence-corrected chi connectivity index (χ4v) is 2.29. The van der Waals surface area contributed by atoms with Gasteiger partial charge in [-0.3, -0.25) is 4.98 Å². The van der Waals surface area contributed by atoms with E-state index in [1.54, 1.807) is 0 Å². The van der Waals surface area contributed by atoms with Crippen molar-refractivity contribution in [3.8, 4) is 0 Å². The van der Waals surface area contributed by atoms with E-state index >= 15 is 0 Å². The average molecular weight is 219 g/mol. The Bertz CT molecular complexity index is 356. The zero-order valence-electron chi connectivity index (χ0n) is 10.5. The van der Waals surface area contributed by atoms with Gasteiger partial charge in [-0.1, -0.05) is 0 Å². The first kappa shape index (κ1) is 11.4. The molecule has 0 unspecified atom stereocenters. The van der Waals surface area contributed by atoms with E-state index in [2.05, 4.69) is 35.4 Å². The normalized spacial score (nSPS) is 18.2. The monoisotopic (exact) mass is 219 g/mol. The largest absolute Gasteiger partial charge is 0.383 e. The topological polar surface area (TPSA) is 28.2 Å². The van der Waals surface area contributed by atoms with Crippen molar-refractivity contribution in [2.75, 3.05) is 26.0 Å². The highest BCUT2D eigenvalue weighted by Crippen LogP contribution is 2.36. The number of pyridine rings is 1. The quantitative estimate of drug-likeness (QED) is 0.842. The van der Waals surface area contributed by atoms with Crippen molar-refractivity contribution in [2.24, 2.45) is 0 Å². The molecule has 0 spiro atoms. The smallest absolute Gasteiger partial charge is 0.0393 e. The van der Waals surface area contributed by atoms with Crippen LogP contribution in [0.15, 0.2) is 18.3 Å². The molecule has 1 aliphatic rings. The number of nitrogens with zero attached hydrogens (tertiary/aromatic N) is 2. The molecule has 16 heavy (non-hydrogen) atoms. The Labute approximate surface area is 97.9 Å². The minimum Gasteiger partial charge on any atom is -0.383 e. The second-order valence-electron chi connectivity index (χ2n) is 5.01. The number of likely N-dealkylation sites (N-methyl/N-ethyl adjacent to an activating group) is 1. The van der Waals surface area contributed by atoms with Crippen molar-refractivity contribution in [2.45, 2.75) is 31.7 Å². The first-order chi connectivity index (χ1) is 7.62. The van der Waals surface area contributed by atoms with E-state index in [1.807, 2.05) is 19.2 Å². The van der Waals surface area contributed by atoms with Crippen LogP contribution >= 0.6 is 0 Å². The second-order valence-corrected chi connectivity index (χ2v) is 5.01. The van der Waals surface area contributed by atoms with Crippen molar-refractivity contribution >= 4 is 5.69 Å². The van der Waals surface area contributed by atoms with Crippen LogP contribution in [0.1, 0.15) is 25.0 Å². The number of aryl methyl sites for hydroxylation is 1. The minimum atomic E-state index is 0.372. The molecular weight excluding hydrogens is 198 g/mol. The Hall–Kier alpha value is -1.09.